The molecule has 0 spiro atoms. The van der Waals surface area contributed by atoms with Crippen molar-refractivity contribution in [3.05, 3.63) is 28.1 Å². The van der Waals surface area contributed by atoms with Crippen LogP contribution in [0.2, 0.25) is 0 Å². The molecule has 1 saturated heterocycles. The molecular formula is C13H18N4O3. The number of carbonyl (C=O) groups excluding carboxylic acids is 1. The second kappa shape index (κ2) is 5.24. The van der Waals surface area contributed by atoms with Crippen LogP contribution in [0.15, 0.2) is 12.3 Å². The molecule has 0 aromatic carbocycles. The molecule has 3 rings (SSSR count). The van der Waals surface area contributed by atoms with Crippen molar-refractivity contribution in [2.45, 2.75) is 37.8 Å². The zero-order valence-electron chi connectivity index (χ0n) is 11.2. The minimum absolute atomic E-state index is 0.0666. The number of carbonyl (C=O) groups is 1. The van der Waals surface area contributed by atoms with Gasteiger partial charge in [0.25, 0.3) is 11.6 Å². The number of H-pyrrole nitrogens is 1. The van der Waals surface area contributed by atoms with Gasteiger partial charge in [-0.05, 0) is 32.2 Å². The van der Waals surface area contributed by atoms with Gasteiger partial charge in [-0.2, -0.15) is 0 Å². The molecule has 2 fully saturated rings. The van der Waals surface area contributed by atoms with E-state index in [1.165, 1.54) is 12.3 Å². The van der Waals surface area contributed by atoms with Gasteiger partial charge in [0.15, 0.2) is 0 Å². The van der Waals surface area contributed by atoms with Crippen LogP contribution in [0.4, 0.5) is 5.69 Å². The van der Waals surface area contributed by atoms with Crippen LogP contribution < -0.4 is 5.32 Å². The van der Waals surface area contributed by atoms with Gasteiger partial charge in [-0.1, -0.05) is 0 Å². The van der Waals surface area contributed by atoms with E-state index >= 15 is 0 Å². The maximum Gasteiger partial charge on any atom is 0.287 e. The summed E-state index contributed by atoms with van der Waals surface area (Å²) in [4.78, 5) is 27.3. The highest BCUT2D eigenvalue weighted by molar-refractivity contribution is 5.93. The van der Waals surface area contributed by atoms with Crippen LogP contribution in [-0.4, -0.2) is 45.9 Å². The average molecular weight is 278 g/mol. The van der Waals surface area contributed by atoms with Gasteiger partial charge >= 0.3 is 0 Å². The number of nitro groups is 1. The van der Waals surface area contributed by atoms with Gasteiger partial charge in [-0.25, -0.2) is 0 Å². The molecule has 2 aliphatic rings. The molecule has 1 saturated carbocycles. The van der Waals surface area contributed by atoms with Crippen molar-refractivity contribution in [2.75, 3.05) is 13.1 Å². The van der Waals surface area contributed by atoms with Crippen molar-refractivity contribution in [3.63, 3.8) is 0 Å². The largest absolute Gasteiger partial charge is 0.351 e. The first kappa shape index (κ1) is 13.1. The molecule has 108 valence electrons. The lowest BCUT2D eigenvalue weighted by atomic mass is 10.2. The van der Waals surface area contributed by atoms with Crippen LogP contribution in [-0.2, 0) is 0 Å². The fourth-order valence-electron chi connectivity index (χ4n) is 2.70. The smallest absolute Gasteiger partial charge is 0.287 e. The number of aromatic amines is 1. The number of aromatic nitrogens is 1. The predicted octanol–water partition coefficient (Wildman–Crippen LogP) is 1.28. The zero-order chi connectivity index (χ0) is 14.1. The molecule has 1 amide bonds. The van der Waals surface area contributed by atoms with Gasteiger partial charge in [0, 0.05) is 24.7 Å². The van der Waals surface area contributed by atoms with Crippen molar-refractivity contribution >= 4 is 11.6 Å². The summed E-state index contributed by atoms with van der Waals surface area (Å²) in [6.45, 7) is 1.70. The Morgan fingerprint density at radius 3 is 2.80 bits per heavy atom. The van der Waals surface area contributed by atoms with E-state index in [0.717, 1.165) is 32.2 Å². The molecule has 1 atom stereocenters. The molecular weight excluding hydrogens is 260 g/mol. The third kappa shape index (κ3) is 2.67. The first-order chi connectivity index (χ1) is 9.65. The quantitative estimate of drug-likeness (QED) is 0.627. The number of amides is 1. The SMILES string of the molecule is O=C(c1cc([N+](=O)[O-])c[nH]1)N(CC1CCCN1)C1CC1. The Morgan fingerprint density at radius 2 is 2.25 bits per heavy atom. The van der Waals surface area contributed by atoms with Crippen molar-refractivity contribution in [3.8, 4) is 0 Å². The molecule has 1 unspecified atom stereocenters. The molecule has 1 aliphatic heterocycles. The van der Waals surface area contributed by atoms with Crippen LogP contribution in [0.25, 0.3) is 0 Å². The molecule has 1 aromatic heterocycles. The lowest BCUT2D eigenvalue weighted by molar-refractivity contribution is -0.384. The minimum atomic E-state index is -0.493. The van der Waals surface area contributed by atoms with Crippen LogP contribution >= 0.6 is 0 Å². The van der Waals surface area contributed by atoms with Crippen molar-refractivity contribution < 1.29 is 9.72 Å². The van der Waals surface area contributed by atoms with Crippen molar-refractivity contribution in [1.29, 1.82) is 0 Å². The first-order valence-electron chi connectivity index (χ1n) is 7.02. The summed E-state index contributed by atoms with van der Waals surface area (Å²) in [6.07, 6.45) is 5.56. The predicted molar refractivity (Wildman–Crippen MR) is 72.5 cm³/mol. The third-order valence-corrected chi connectivity index (χ3v) is 3.94. The number of nitrogens with zero attached hydrogens (tertiary/aromatic N) is 2. The molecule has 7 nitrogen and oxygen atoms in total. The molecule has 7 heteroatoms. The summed E-state index contributed by atoms with van der Waals surface area (Å²) in [6, 6.07) is 1.97. The summed E-state index contributed by atoms with van der Waals surface area (Å²) < 4.78 is 0. The third-order valence-electron chi connectivity index (χ3n) is 3.94. The maximum atomic E-state index is 12.5. The molecule has 20 heavy (non-hydrogen) atoms. The highest BCUT2D eigenvalue weighted by Gasteiger charge is 2.35. The van der Waals surface area contributed by atoms with Gasteiger partial charge < -0.3 is 15.2 Å². The lowest BCUT2D eigenvalue weighted by Crippen LogP contribution is -2.42. The molecule has 0 bridgehead atoms. The average Bonchev–Trinajstić information content (AvgIpc) is 2.95. The second-order valence-corrected chi connectivity index (χ2v) is 5.51. The van der Waals surface area contributed by atoms with E-state index in [2.05, 4.69) is 10.3 Å². The van der Waals surface area contributed by atoms with Crippen molar-refractivity contribution in [1.82, 2.24) is 15.2 Å². The highest BCUT2D eigenvalue weighted by atomic mass is 16.6. The summed E-state index contributed by atoms with van der Waals surface area (Å²) in [5, 5.41) is 14.1. The molecule has 2 N–H and O–H groups in total. The van der Waals surface area contributed by atoms with E-state index in [0.29, 0.717) is 24.3 Å². The van der Waals surface area contributed by atoms with E-state index in [1.807, 2.05) is 4.90 Å². The fourth-order valence-corrected chi connectivity index (χ4v) is 2.70. The number of rotatable bonds is 5. The monoisotopic (exact) mass is 278 g/mol. The number of hydrogen-bond donors (Lipinski definition) is 2. The van der Waals surface area contributed by atoms with Crippen LogP contribution in [0.1, 0.15) is 36.2 Å². The zero-order valence-corrected chi connectivity index (χ0v) is 11.2. The van der Waals surface area contributed by atoms with Gasteiger partial charge in [0.2, 0.25) is 0 Å². The Hall–Kier alpha value is -1.89. The standard InChI is InChI=1S/C13H18N4O3/c18-13(12-6-11(7-15-12)17(19)20)16(10-3-4-10)8-9-2-1-5-14-9/h6-7,9-10,14-15H,1-5,8H2. The molecule has 2 heterocycles. The van der Waals surface area contributed by atoms with E-state index in [1.54, 1.807) is 0 Å². The number of nitrogens with one attached hydrogen (secondary N) is 2. The Balaban J connectivity index is 1.72. The van der Waals surface area contributed by atoms with Gasteiger partial charge in [-0.15, -0.1) is 0 Å². The lowest BCUT2D eigenvalue weighted by Gasteiger charge is -2.25. The van der Waals surface area contributed by atoms with Gasteiger partial charge in [0.05, 0.1) is 11.1 Å². The van der Waals surface area contributed by atoms with Crippen LogP contribution in [0.3, 0.4) is 0 Å². The summed E-state index contributed by atoms with van der Waals surface area (Å²) >= 11 is 0. The van der Waals surface area contributed by atoms with E-state index in [4.69, 9.17) is 0 Å². The second-order valence-electron chi connectivity index (χ2n) is 5.51. The first-order valence-corrected chi connectivity index (χ1v) is 7.02. The molecule has 0 radical (unpaired) electrons. The van der Waals surface area contributed by atoms with Gasteiger partial charge in [0.1, 0.15) is 5.69 Å². The Bertz CT molecular complexity index is 517. The van der Waals surface area contributed by atoms with Crippen molar-refractivity contribution in [2.24, 2.45) is 0 Å². The van der Waals surface area contributed by atoms with E-state index in [-0.39, 0.29) is 11.6 Å². The number of hydrogen-bond acceptors (Lipinski definition) is 4. The Labute approximate surface area is 116 Å². The highest BCUT2D eigenvalue weighted by Crippen LogP contribution is 2.29. The summed E-state index contributed by atoms with van der Waals surface area (Å²) in [5.41, 5.74) is 0.240. The molecule has 1 aliphatic carbocycles. The van der Waals surface area contributed by atoms with Gasteiger partial charge in [-0.3, -0.25) is 14.9 Å². The minimum Gasteiger partial charge on any atom is -0.351 e. The fraction of sp³-hybridized carbons (Fsp3) is 0.615. The summed E-state index contributed by atoms with van der Waals surface area (Å²) in [5.74, 6) is -0.130. The van der Waals surface area contributed by atoms with E-state index < -0.39 is 4.92 Å². The Kier molecular flexibility index (Phi) is 3.43. The van der Waals surface area contributed by atoms with E-state index in [9.17, 15) is 14.9 Å². The molecule has 1 aromatic rings. The Morgan fingerprint density at radius 1 is 1.45 bits per heavy atom. The van der Waals surface area contributed by atoms with Crippen LogP contribution in [0, 0.1) is 10.1 Å². The topological polar surface area (TPSA) is 91.3 Å². The van der Waals surface area contributed by atoms with Crippen LogP contribution in [0.5, 0.6) is 0 Å². The normalized spacial score (nSPS) is 21.9. The summed E-state index contributed by atoms with van der Waals surface area (Å²) in [7, 11) is 0. The maximum absolute atomic E-state index is 12.5.